The van der Waals surface area contributed by atoms with Crippen LogP contribution in [-0.2, 0) is 4.79 Å². The molecule has 100 valence electrons. The highest BCUT2D eigenvalue weighted by atomic mass is 16.3. The molecule has 0 unspecified atom stereocenters. The number of rotatable bonds is 6. The summed E-state index contributed by atoms with van der Waals surface area (Å²) in [5, 5.41) is 8.77. The van der Waals surface area contributed by atoms with Crippen LogP contribution >= 0.6 is 0 Å². The average molecular weight is 242 g/mol. The van der Waals surface area contributed by atoms with E-state index in [-0.39, 0.29) is 6.61 Å². The summed E-state index contributed by atoms with van der Waals surface area (Å²) < 4.78 is 0. The van der Waals surface area contributed by atoms with Gasteiger partial charge in [0.2, 0.25) is 5.91 Å². The molecule has 0 bridgehead atoms. The summed E-state index contributed by atoms with van der Waals surface area (Å²) in [4.78, 5) is 16.2. The summed E-state index contributed by atoms with van der Waals surface area (Å²) in [6.07, 6.45) is 2.51. The molecule has 1 fully saturated rings. The lowest BCUT2D eigenvalue weighted by Crippen LogP contribution is -2.48. The first-order valence-corrected chi connectivity index (χ1v) is 6.74. The third-order valence-corrected chi connectivity index (χ3v) is 3.29. The number of carbonyl (C=O) groups is 1. The van der Waals surface area contributed by atoms with E-state index in [0.717, 1.165) is 45.6 Å². The molecule has 0 saturated carbocycles. The largest absolute Gasteiger partial charge is 0.396 e. The van der Waals surface area contributed by atoms with E-state index < -0.39 is 0 Å². The van der Waals surface area contributed by atoms with Gasteiger partial charge in [0.15, 0.2) is 0 Å². The van der Waals surface area contributed by atoms with Gasteiger partial charge in [-0.25, -0.2) is 0 Å². The molecule has 0 atom stereocenters. The zero-order valence-corrected chi connectivity index (χ0v) is 11.2. The predicted octanol–water partition coefficient (Wildman–Crippen LogP) is 0.949. The van der Waals surface area contributed by atoms with Crippen LogP contribution in [0.3, 0.4) is 0 Å². The molecule has 0 radical (unpaired) electrons. The lowest BCUT2D eigenvalue weighted by molar-refractivity contribution is -0.133. The summed E-state index contributed by atoms with van der Waals surface area (Å²) >= 11 is 0. The number of hydrogen-bond donors (Lipinski definition) is 1. The van der Waals surface area contributed by atoms with Gasteiger partial charge in [-0.3, -0.25) is 9.69 Å². The molecule has 4 nitrogen and oxygen atoms in total. The second-order valence-corrected chi connectivity index (χ2v) is 5.23. The normalized spacial score (nSPS) is 17.8. The van der Waals surface area contributed by atoms with Crippen molar-refractivity contribution in [2.75, 3.05) is 39.3 Å². The monoisotopic (exact) mass is 242 g/mol. The first-order valence-electron chi connectivity index (χ1n) is 6.74. The van der Waals surface area contributed by atoms with Gasteiger partial charge in [0.25, 0.3) is 0 Å². The Morgan fingerprint density at radius 1 is 1.24 bits per heavy atom. The summed E-state index contributed by atoms with van der Waals surface area (Å²) in [6, 6.07) is 0. The second-order valence-electron chi connectivity index (χ2n) is 5.23. The van der Waals surface area contributed by atoms with Crippen molar-refractivity contribution in [3.63, 3.8) is 0 Å². The molecule has 1 amide bonds. The second kappa shape index (κ2) is 7.67. The quantitative estimate of drug-likeness (QED) is 0.754. The molecule has 4 heteroatoms. The molecule has 1 N–H and O–H groups in total. The third-order valence-electron chi connectivity index (χ3n) is 3.29. The standard InChI is InChI=1S/C13H26N2O2/c1-12(2)4-5-13(17)15-9-7-14(8-10-15)6-3-11-16/h12,16H,3-11H2,1-2H3. The zero-order valence-electron chi connectivity index (χ0n) is 11.2. The van der Waals surface area contributed by atoms with Crippen LogP contribution in [-0.4, -0.2) is 60.1 Å². The Balaban J connectivity index is 2.19. The highest BCUT2D eigenvalue weighted by Crippen LogP contribution is 2.09. The first kappa shape index (κ1) is 14.5. The van der Waals surface area contributed by atoms with E-state index in [1.807, 2.05) is 4.90 Å². The fourth-order valence-corrected chi connectivity index (χ4v) is 2.09. The van der Waals surface area contributed by atoms with Crippen molar-refractivity contribution < 1.29 is 9.90 Å². The summed E-state index contributed by atoms with van der Waals surface area (Å²) in [5.41, 5.74) is 0. The zero-order chi connectivity index (χ0) is 12.7. The Morgan fingerprint density at radius 3 is 2.41 bits per heavy atom. The van der Waals surface area contributed by atoms with E-state index in [1.165, 1.54) is 0 Å². The van der Waals surface area contributed by atoms with Crippen LogP contribution < -0.4 is 0 Å². The van der Waals surface area contributed by atoms with Crippen molar-refractivity contribution in [3.05, 3.63) is 0 Å². The minimum Gasteiger partial charge on any atom is -0.396 e. The summed E-state index contributed by atoms with van der Waals surface area (Å²) in [5.74, 6) is 0.908. The molecular formula is C13H26N2O2. The number of piperazine rings is 1. The van der Waals surface area contributed by atoms with Crippen LogP contribution in [0.25, 0.3) is 0 Å². The molecule has 0 aliphatic carbocycles. The number of nitrogens with zero attached hydrogens (tertiary/aromatic N) is 2. The maximum Gasteiger partial charge on any atom is 0.222 e. The van der Waals surface area contributed by atoms with E-state index in [0.29, 0.717) is 18.2 Å². The van der Waals surface area contributed by atoms with Crippen molar-refractivity contribution in [2.24, 2.45) is 5.92 Å². The first-order chi connectivity index (χ1) is 8.13. The summed E-state index contributed by atoms with van der Waals surface area (Å²) in [7, 11) is 0. The SMILES string of the molecule is CC(C)CCC(=O)N1CCN(CCCO)CC1. The highest BCUT2D eigenvalue weighted by Gasteiger charge is 2.20. The van der Waals surface area contributed by atoms with Crippen LogP contribution in [0.1, 0.15) is 33.1 Å². The van der Waals surface area contributed by atoms with Gasteiger partial charge in [-0.1, -0.05) is 13.8 Å². The lowest BCUT2D eigenvalue weighted by atomic mass is 10.1. The van der Waals surface area contributed by atoms with Crippen molar-refractivity contribution in [1.29, 1.82) is 0 Å². The minimum atomic E-state index is 0.257. The molecular weight excluding hydrogens is 216 g/mol. The number of aliphatic hydroxyl groups excluding tert-OH is 1. The van der Waals surface area contributed by atoms with E-state index >= 15 is 0 Å². The van der Waals surface area contributed by atoms with Gasteiger partial charge in [-0.15, -0.1) is 0 Å². The van der Waals surface area contributed by atoms with Crippen LogP contribution in [0, 0.1) is 5.92 Å². The molecule has 1 heterocycles. The lowest BCUT2D eigenvalue weighted by Gasteiger charge is -2.34. The van der Waals surface area contributed by atoms with Crippen LogP contribution in [0.4, 0.5) is 0 Å². The van der Waals surface area contributed by atoms with Gasteiger partial charge >= 0.3 is 0 Å². The maximum atomic E-state index is 11.9. The van der Waals surface area contributed by atoms with Crippen molar-refractivity contribution in [3.8, 4) is 0 Å². The van der Waals surface area contributed by atoms with Gasteiger partial charge in [0.1, 0.15) is 0 Å². The van der Waals surface area contributed by atoms with Gasteiger partial charge in [-0.05, 0) is 18.8 Å². The number of aliphatic hydroxyl groups is 1. The molecule has 1 rings (SSSR count). The molecule has 1 aliphatic rings. The Kier molecular flexibility index (Phi) is 6.52. The Morgan fingerprint density at radius 2 is 1.88 bits per heavy atom. The average Bonchev–Trinajstić information content (AvgIpc) is 2.34. The number of amides is 1. The Labute approximate surface area is 105 Å². The van der Waals surface area contributed by atoms with Crippen LogP contribution in [0.15, 0.2) is 0 Å². The van der Waals surface area contributed by atoms with E-state index in [2.05, 4.69) is 18.7 Å². The van der Waals surface area contributed by atoms with E-state index in [1.54, 1.807) is 0 Å². The smallest absolute Gasteiger partial charge is 0.222 e. The maximum absolute atomic E-state index is 11.9. The molecule has 0 spiro atoms. The van der Waals surface area contributed by atoms with Crippen molar-refractivity contribution in [2.45, 2.75) is 33.1 Å². The van der Waals surface area contributed by atoms with E-state index in [4.69, 9.17) is 5.11 Å². The molecule has 0 aromatic heterocycles. The fraction of sp³-hybridized carbons (Fsp3) is 0.923. The number of carbonyl (C=O) groups excluding carboxylic acids is 1. The molecule has 0 aromatic carbocycles. The van der Waals surface area contributed by atoms with Gasteiger partial charge < -0.3 is 10.0 Å². The molecule has 1 aliphatic heterocycles. The fourth-order valence-electron chi connectivity index (χ4n) is 2.09. The van der Waals surface area contributed by atoms with Gasteiger partial charge in [-0.2, -0.15) is 0 Å². The molecule has 17 heavy (non-hydrogen) atoms. The van der Waals surface area contributed by atoms with Crippen molar-refractivity contribution >= 4 is 5.91 Å². The van der Waals surface area contributed by atoms with E-state index in [9.17, 15) is 4.79 Å². The Bertz CT molecular complexity index is 223. The topological polar surface area (TPSA) is 43.8 Å². The Hall–Kier alpha value is -0.610. The molecule has 1 saturated heterocycles. The number of hydrogen-bond acceptors (Lipinski definition) is 3. The van der Waals surface area contributed by atoms with Crippen LogP contribution in [0.2, 0.25) is 0 Å². The van der Waals surface area contributed by atoms with Gasteiger partial charge in [0.05, 0.1) is 0 Å². The van der Waals surface area contributed by atoms with Crippen LogP contribution in [0.5, 0.6) is 0 Å². The third kappa shape index (κ3) is 5.50. The molecule has 0 aromatic rings. The van der Waals surface area contributed by atoms with Gasteiger partial charge in [0, 0.05) is 45.8 Å². The summed E-state index contributed by atoms with van der Waals surface area (Å²) in [6.45, 7) is 9.11. The van der Waals surface area contributed by atoms with Crippen molar-refractivity contribution in [1.82, 2.24) is 9.80 Å². The minimum absolute atomic E-state index is 0.257. The highest BCUT2D eigenvalue weighted by molar-refractivity contribution is 5.76. The predicted molar refractivity (Wildman–Crippen MR) is 68.8 cm³/mol.